The Hall–Kier alpha value is -1.93. The zero-order valence-corrected chi connectivity index (χ0v) is 12.1. The predicted octanol–water partition coefficient (Wildman–Crippen LogP) is 0.964. The maximum atomic E-state index is 11.5. The number of amides is 2. The summed E-state index contributed by atoms with van der Waals surface area (Å²) in [5.41, 5.74) is 0.601. The van der Waals surface area contributed by atoms with E-state index in [0.717, 1.165) is 37.7 Å². The summed E-state index contributed by atoms with van der Waals surface area (Å²) in [7, 11) is 0. The van der Waals surface area contributed by atoms with Crippen molar-refractivity contribution in [3.8, 4) is 0 Å². The minimum absolute atomic E-state index is 0.312. The summed E-state index contributed by atoms with van der Waals surface area (Å²) in [4.78, 5) is 31.5. The van der Waals surface area contributed by atoms with Crippen molar-refractivity contribution >= 4 is 34.9 Å². The Kier molecular flexibility index (Phi) is 4.16. The van der Waals surface area contributed by atoms with E-state index in [9.17, 15) is 9.59 Å². The van der Waals surface area contributed by atoms with Gasteiger partial charge in [0.2, 0.25) is 5.95 Å². The number of aromatic nitrogens is 2. The number of rotatable bonds is 3. The van der Waals surface area contributed by atoms with Crippen LogP contribution in [0.25, 0.3) is 6.08 Å². The van der Waals surface area contributed by atoms with Crippen LogP contribution in [-0.4, -0.2) is 40.2 Å². The number of thioether (sulfide) groups is 1. The van der Waals surface area contributed by atoms with Gasteiger partial charge < -0.3 is 10.6 Å². The smallest absolute Gasteiger partial charge is 0.290 e. The molecule has 0 spiro atoms. The van der Waals surface area contributed by atoms with Crippen LogP contribution >= 0.6 is 11.8 Å². The van der Waals surface area contributed by atoms with Crippen LogP contribution in [-0.2, 0) is 4.79 Å². The highest BCUT2D eigenvalue weighted by Crippen LogP contribution is 2.25. The minimum atomic E-state index is -0.380. The maximum absolute atomic E-state index is 11.5. The molecule has 0 radical (unpaired) electrons. The molecule has 1 atom stereocenters. The van der Waals surface area contributed by atoms with Gasteiger partial charge in [0.05, 0.1) is 10.6 Å². The van der Waals surface area contributed by atoms with Gasteiger partial charge in [0.1, 0.15) is 0 Å². The molecule has 2 aliphatic heterocycles. The fourth-order valence-corrected chi connectivity index (χ4v) is 2.90. The Morgan fingerprint density at radius 2 is 2.33 bits per heavy atom. The lowest BCUT2D eigenvalue weighted by Gasteiger charge is -2.23. The van der Waals surface area contributed by atoms with Crippen molar-refractivity contribution in [2.75, 3.05) is 18.4 Å². The third kappa shape index (κ3) is 3.59. The molecule has 3 rings (SSSR count). The number of carbonyl (C=O) groups is 2. The van der Waals surface area contributed by atoms with Crippen LogP contribution in [0.1, 0.15) is 18.5 Å². The fourth-order valence-electron chi connectivity index (χ4n) is 2.24. The van der Waals surface area contributed by atoms with Crippen molar-refractivity contribution in [3.05, 3.63) is 22.9 Å². The van der Waals surface area contributed by atoms with E-state index in [4.69, 9.17) is 0 Å². The second-order valence-electron chi connectivity index (χ2n) is 4.84. The van der Waals surface area contributed by atoms with Crippen molar-refractivity contribution in [3.63, 3.8) is 0 Å². The Bertz CT molecular complexity index is 598. The van der Waals surface area contributed by atoms with Gasteiger partial charge in [0.15, 0.2) is 0 Å². The lowest BCUT2D eigenvalue weighted by molar-refractivity contribution is -0.115. The molecule has 0 unspecified atom stereocenters. The van der Waals surface area contributed by atoms with E-state index < -0.39 is 0 Å². The van der Waals surface area contributed by atoms with Gasteiger partial charge in [-0.3, -0.25) is 14.9 Å². The van der Waals surface area contributed by atoms with E-state index in [1.54, 1.807) is 18.3 Å². The van der Waals surface area contributed by atoms with Crippen LogP contribution in [0.2, 0.25) is 0 Å². The van der Waals surface area contributed by atoms with Gasteiger partial charge in [-0.05, 0) is 43.3 Å². The largest absolute Gasteiger partial charge is 0.350 e. The van der Waals surface area contributed by atoms with Crippen LogP contribution in [0, 0.1) is 0 Å². The highest BCUT2D eigenvalue weighted by atomic mass is 32.2. The van der Waals surface area contributed by atoms with E-state index in [0.29, 0.717) is 22.6 Å². The highest BCUT2D eigenvalue weighted by molar-refractivity contribution is 8.18. The van der Waals surface area contributed by atoms with Crippen molar-refractivity contribution in [1.82, 2.24) is 20.6 Å². The number of hydrogen-bond donors (Lipinski definition) is 3. The van der Waals surface area contributed by atoms with Crippen LogP contribution in [0.3, 0.4) is 0 Å². The second kappa shape index (κ2) is 6.23. The molecular formula is C13H15N5O2S. The van der Waals surface area contributed by atoms with Crippen LogP contribution in [0.15, 0.2) is 17.2 Å². The zero-order valence-electron chi connectivity index (χ0n) is 11.3. The first kappa shape index (κ1) is 14.0. The van der Waals surface area contributed by atoms with Gasteiger partial charge in [0.25, 0.3) is 11.1 Å². The molecule has 2 fully saturated rings. The normalized spacial score (nSPS) is 24.2. The summed E-state index contributed by atoms with van der Waals surface area (Å²) >= 11 is 0.881. The Morgan fingerprint density at radius 1 is 1.43 bits per heavy atom. The zero-order chi connectivity index (χ0) is 14.7. The first-order chi connectivity index (χ1) is 10.2. The summed E-state index contributed by atoms with van der Waals surface area (Å²) in [6, 6.07) is 2.01. The maximum Gasteiger partial charge on any atom is 0.290 e. The summed E-state index contributed by atoms with van der Waals surface area (Å²) in [6.45, 7) is 1.94. The number of imide groups is 1. The van der Waals surface area contributed by atoms with E-state index in [2.05, 4.69) is 25.9 Å². The molecule has 2 saturated heterocycles. The molecule has 0 saturated carbocycles. The molecule has 0 aliphatic carbocycles. The molecule has 21 heavy (non-hydrogen) atoms. The third-order valence-corrected chi connectivity index (χ3v) is 4.04. The monoisotopic (exact) mass is 305 g/mol. The molecule has 1 aromatic rings. The van der Waals surface area contributed by atoms with Crippen molar-refractivity contribution in [1.29, 1.82) is 0 Å². The topological polar surface area (TPSA) is 96.0 Å². The highest BCUT2D eigenvalue weighted by Gasteiger charge is 2.25. The first-order valence-corrected chi connectivity index (χ1v) is 7.57. The lowest BCUT2D eigenvalue weighted by Crippen LogP contribution is -2.38. The lowest BCUT2D eigenvalue weighted by atomic mass is 10.1. The SMILES string of the molecule is O=C1NC(=O)C(=Cc2ccnc(N[C@H]3CCCNC3)n2)S1. The molecule has 2 amide bonds. The predicted molar refractivity (Wildman–Crippen MR) is 80.7 cm³/mol. The minimum Gasteiger partial charge on any atom is -0.350 e. The summed E-state index contributed by atoms with van der Waals surface area (Å²) in [5.74, 6) is 0.155. The molecule has 2 aliphatic rings. The van der Waals surface area contributed by atoms with Gasteiger partial charge in [-0.25, -0.2) is 9.97 Å². The Balaban J connectivity index is 1.72. The number of nitrogens with zero attached hydrogens (tertiary/aromatic N) is 2. The fraction of sp³-hybridized carbons (Fsp3) is 0.385. The molecule has 110 valence electrons. The number of anilines is 1. The standard InChI is InChI=1S/C13H15N5O2S/c19-11-10(21-13(20)18-11)6-8-3-5-15-12(16-8)17-9-2-1-4-14-7-9/h3,5-6,9,14H,1-2,4,7H2,(H,15,16,17)(H,18,19,20)/t9-/m0/s1. The van der Waals surface area contributed by atoms with Crippen LogP contribution < -0.4 is 16.0 Å². The summed E-state index contributed by atoms with van der Waals surface area (Å²) < 4.78 is 0. The number of nitrogens with one attached hydrogen (secondary N) is 3. The first-order valence-electron chi connectivity index (χ1n) is 6.76. The summed E-state index contributed by atoms with van der Waals surface area (Å²) in [6.07, 6.45) is 5.43. The number of carbonyl (C=O) groups excluding carboxylic acids is 2. The van der Waals surface area contributed by atoms with Crippen molar-refractivity contribution in [2.45, 2.75) is 18.9 Å². The molecule has 7 nitrogen and oxygen atoms in total. The van der Waals surface area contributed by atoms with Gasteiger partial charge in [0, 0.05) is 18.8 Å². The van der Waals surface area contributed by atoms with E-state index >= 15 is 0 Å². The second-order valence-corrected chi connectivity index (χ2v) is 5.86. The quantitative estimate of drug-likeness (QED) is 0.716. The molecule has 8 heteroatoms. The molecular weight excluding hydrogens is 290 g/mol. The van der Waals surface area contributed by atoms with Crippen molar-refractivity contribution in [2.24, 2.45) is 0 Å². The van der Waals surface area contributed by atoms with Crippen molar-refractivity contribution < 1.29 is 9.59 Å². The van der Waals surface area contributed by atoms with Gasteiger partial charge >= 0.3 is 0 Å². The van der Waals surface area contributed by atoms with E-state index in [1.807, 2.05) is 0 Å². The Morgan fingerprint density at radius 3 is 3.05 bits per heavy atom. The van der Waals surface area contributed by atoms with Crippen LogP contribution in [0.4, 0.5) is 10.7 Å². The average molecular weight is 305 g/mol. The number of piperidine rings is 1. The summed E-state index contributed by atoms with van der Waals surface area (Å²) in [5, 5.41) is 8.46. The van der Waals surface area contributed by atoms with E-state index in [1.165, 1.54) is 0 Å². The Labute approximate surface area is 126 Å². The van der Waals surface area contributed by atoms with Gasteiger partial charge in [-0.1, -0.05) is 0 Å². The van der Waals surface area contributed by atoms with Crippen LogP contribution in [0.5, 0.6) is 0 Å². The molecule has 0 bridgehead atoms. The van der Waals surface area contributed by atoms with E-state index in [-0.39, 0.29) is 11.1 Å². The molecule has 3 N–H and O–H groups in total. The molecule has 0 aromatic carbocycles. The van der Waals surface area contributed by atoms with Gasteiger partial charge in [-0.15, -0.1) is 0 Å². The third-order valence-electron chi connectivity index (χ3n) is 3.23. The average Bonchev–Trinajstić information content (AvgIpc) is 2.78. The van der Waals surface area contributed by atoms with Gasteiger partial charge in [-0.2, -0.15) is 0 Å². The number of hydrogen-bond acceptors (Lipinski definition) is 7. The molecule has 3 heterocycles. The molecule has 1 aromatic heterocycles.